The molecule has 0 bridgehead atoms. The molecule has 0 saturated carbocycles. The van der Waals surface area contributed by atoms with Gasteiger partial charge in [-0.25, -0.2) is 0 Å². The van der Waals surface area contributed by atoms with Crippen LogP contribution in [-0.2, 0) is 13.1 Å². The van der Waals surface area contributed by atoms with Crippen molar-refractivity contribution >= 4 is 5.91 Å². The number of rotatable bonds is 6. The average molecular weight is 245 g/mol. The lowest BCUT2D eigenvalue weighted by Crippen LogP contribution is -2.20. The van der Waals surface area contributed by atoms with Crippen LogP contribution >= 0.6 is 0 Å². The molecule has 18 heavy (non-hydrogen) atoms. The number of hydrogen-bond donors (Lipinski definition) is 2. The fraction of sp³-hybridized carbons (Fsp3) is 0.250. The Hall–Kier alpha value is -2.21. The lowest BCUT2D eigenvalue weighted by atomic mass is 10.1. The van der Waals surface area contributed by atoms with E-state index in [1.807, 2.05) is 18.3 Å². The Morgan fingerprint density at radius 1 is 1.44 bits per heavy atom. The maximum Gasteiger partial charge on any atom is 0.248 e. The lowest BCUT2D eigenvalue weighted by Gasteiger charge is -2.05. The van der Waals surface area contributed by atoms with Gasteiger partial charge in [0, 0.05) is 24.8 Å². The Morgan fingerprint density at radius 2 is 2.33 bits per heavy atom. The molecule has 3 N–H and O–H groups in total. The normalized spacial score (nSPS) is 10.4. The van der Waals surface area contributed by atoms with Gasteiger partial charge in [-0.2, -0.15) is 0 Å². The molecule has 0 aliphatic heterocycles. The first-order valence-electron chi connectivity index (χ1n) is 5.69. The van der Waals surface area contributed by atoms with Crippen molar-refractivity contribution in [3.8, 4) is 0 Å². The molecule has 2 rings (SSSR count). The van der Waals surface area contributed by atoms with Crippen molar-refractivity contribution in [2.24, 2.45) is 5.73 Å². The molecule has 0 spiro atoms. The fourth-order valence-electron chi connectivity index (χ4n) is 1.61. The summed E-state index contributed by atoms with van der Waals surface area (Å²) in [6.45, 7) is 2.23. The van der Waals surface area contributed by atoms with Crippen molar-refractivity contribution < 1.29 is 4.79 Å². The van der Waals surface area contributed by atoms with Gasteiger partial charge in [0.15, 0.2) is 0 Å². The van der Waals surface area contributed by atoms with Gasteiger partial charge in [0.2, 0.25) is 5.91 Å². The number of carbonyl (C=O) groups is 1. The fourth-order valence-corrected chi connectivity index (χ4v) is 1.61. The number of hydrogen-bond acceptors (Lipinski definition) is 4. The van der Waals surface area contributed by atoms with Gasteiger partial charge in [-0.05, 0) is 17.7 Å². The van der Waals surface area contributed by atoms with Crippen LogP contribution in [0.3, 0.4) is 0 Å². The summed E-state index contributed by atoms with van der Waals surface area (Å²) in [4.78, 5) is 11.0. The van der Waals surface area contributed by atoms with E-state index >= 15 is 0 Å². The molecule has 1 aromatic heterocycles. The molecule has 0 unspecified atom stereocenters. The number of carbonyl (C=O) groups excluding carboxylic acids is 1. The first kappa shape index (κ1) is 12.3. The minimum atomic E-state index is -0.403. The summed E-state index contributed by atoms with van der Waals surface area (Å²) in [6, 6.07) is 7.29. The molecule has 0 saturated heterocycles. The van der Waals surface area contributed by atoms with Gasteiger partial charge >= 0.3 is 0 Å². The number of primary amides is 1. The molecule has 0 fully saturated rings. The smallest absolute Gasteiger partial charge is 0.248 e. The van der Waals surface area contributed by atoms with E-state index in [1.54, 1.807) is 23.0 Å². The van der Waals surface area contributed by atoms with E-state index in [1.165, 1.54) is 0 Å². The highest BCUT2D eigenvalue weighted by atomic mass is 16.1. The van der Waals surface area contributed by atoms with Crippen LogP contribution in [0.15, 0.2) is 36.7 Å². The molecule has 0 atom stereocenters. The van der Waals surface area contributed by atoms with Gasteiger partial charge in [-0.3, -0.25) is 9.48 Å². The van der Waals surface area contributed by atoms with Gasteiger partial charge < -0.3 is 11.1 Å². The number of nitrogens with two attached hydrogens (primary N) is 1. The summed E-state index contributed by atoms with van der Waals surface area (Å²) in [7, 11) is 0. The molecule has 0 radical (unpaired) electrons. The van der Waals surface area contributed by atoms with Crippen LogP contribution in [0.4, 0.5) is 0 Å². The van der Waals surface area contributed by atoms with Crippen LogP contribution in [0.1, 0.15) is 15.9 Å². The first-order valence-corrected chi connectivity index (χ1v) is 5.69. The van der Waals surface area contributed by atoms with E-state index < -0.39 is 5.91 Å². The highest BCUT2D eigenvalue weighted by molar-refractivity contribution is 5.92. The standard InChI is InChI=1S/C12H15N5O/c13-12(18)11-3-1-2-10(8-11)9-14-4-6-17-7-5-15-16-17/h1-3,5,7-8,14H,4,6,9H2,(H2,13,18). The summed E-state index contributed by atoms with van der Waals surface area (Å²) in [6.07, 6.45) is 3.46. The number of nitrogens with one attached hydrogen (secondary N) is 1. The Labute approximate surface area is 105 Å². The third kappa shape index (κ3) is 3.39. The molecular formula is C12H15N5O. The molecule has 1 amide bonds. The van der Waals surface area contributed by atoms with E-state index in [0.717, 1.165) is 18.7 Å². The predicted octanol–water partition coefficient (Wildman–Crippen LogP) is 0.167. The van der Waals surface area contributed by atoms with Crippen molar-refractivity contribution in [2.45, 2.75) is 13.1 Å². The van der Waals surface area contributed by atoms with Crippen LogP contribution in [0.25, 0.3) is 0 Å². The van der Waals surface area contributed by atoms with Crippen molar-refractivity contribution in [1.82, 2.24) is 20.3 Å². The van der Waals surface area contributed by atoms with E-state index in [2.05, 4.69) is 15.6 Å². The van der Waals surface area contributed by atoms with Gasteiger partial charge in [0.1, 0.15) is 0 Å². The maximum atomic E-state index is 11.0. The highest BCUT2D eigenvalue weighted by Crippen LogP contribution is 2.04. The third-order valence-electron chi connectivity index (χ3n) is 2.53. The minimum Gasteiger partial charge on any atom is -0.366 e. The lowest BCUT2D eigenvalue weighted by molar-refractivity contribution is 0.1000. The van der Waals surface area contributed by atoms with Crippen molar-refractivity contribution in [3.63, 3.8) is 0 Å². The number of benzene rings is 1. The Bertz CT molecular complexity index is 509. The van der Waals surface area contributed by atoms with E-state index in [4.69, 9.17) is 5.73 Å². The number of nitrogens with zero attached hydrogens (tertiary/aromatic N) is 3. The SMILES string of the molecule is NC(=O)c1cccc(CNCCn2ccnn2)c1. The Morgan fingerprint density at radius 3 is 3.06 bits per heavy atom. The summed E-state index contributed by atoms with van der Waals surface area (Å²) in [5.74, 6) is -0.403. The summed E-state index contributed by atoms with van der Waals surface area (Å²) in [5, 5.41) is 10.9. The van der Waals surface area contributed by atoms with Crippen LogP contribution < -0.4 is 11.1 Å². The molecule has 0 aliphatic rings. The van der Waals surface area contributed by atoms with Crippen molar-refractivity contribution in [1.29, 1.82) is 0 Å². The molecule has 2 aromatic rings. The van der Waals surface area contributed by atoms with Gasteiger partial charge in [0.05, 0.1) is 12.7 Å². The molecule has 0 aliphatic carbocycles. The van der Waals surface area contributed by atoms with E-state index in [0.29, 0.717) is 12.1 Å². The molecule has 94 valence electrons. The average Bonchev–Trinajstić information content (AvgIpc) is 2.88. The molecule has 1 heterocycles. The summed E-state index contributed by atoms with van der Waals surface area (Å²) >= 11 is 0. The Balaban J connectivity index is 1.79. The van der Waals surface area contributed by atoms with Crippen molar-refractivity contribution in [3.05, 3.63) is 47.8 Å². The highest BCUT2D eigenvalue weighted by Gasteiger charge is 2.00. The molecule has 6 nitrogen and oxygen atoms in total. The largest absolute Gasteiger partial charge is 0.366 e. The second-order valence-corrected chi connectivity index (χ2v) is 3.91. The van der Waals surface area contributed by atoms with Gasteiger partial charge in [-0.1, -0.05) is 17.3 Å². The van der Waals surface area contributed by atoms with Gasteiger partial charge in [-0.15, -0.1) is 5.10 Å². The molecular weight excluding hydrogens is 230 g/mol. The summed E-state index contributed by atoms with van der Waals surface area (Å²) in [5.41, 5.74) is 6.79. The zero-order valence-electron chi connectivity index (χ0n) is 9.91. The van der Waals surface area contributed by atoms with Crippen LogP contribution in [0.2, 0.25) is 0 Å². The second-order valence-electron chi connectivity index (χ2n) is 3.91. The van der Waals surface area contributed by atoms with Crippen LogP contribution in [0.5, 0.6) is 0 Å². The third-order valence-corrected chi connectivity index (χ3v) is 2.53. The topological polar surface area (TPSA) is 85.8 Å². The predicted molar refractivity (Wildman–Crippen MR) is 66.7 cm³/mol. The summed E-state index contributed by atoms with van der Waals surface area (Å²) < 4.78 is 1.76. The Kier molecular flexibility index (Phi) is 4.03. The van der Waals surface area contributed by atoms with E-state index in [-0.39, 0.29) is 0 Å². The van der Waals surface area contributed by atoms with Crippen LogP contribution in [0, 0.1) is 0 Å². The quantitative estimate of drug-likeness (QED) is 0.710. The molecule has 6 heteroatoms. The minimum absolute atomic E-state index is 0.403. The zero-order valence-corrected chi connectivity index (χ0v) is 9.91. The molecule has 1 aromatic carbocycles. The zero-order chi connectivity index (χ0) is 12.8. The van der Waals surface area contributed by atoms with E-state index in [9.17, 15) is 4.79 Å². The monoisotopic (exact) mass is 245 g/mol. The van der Waals surface area contributed by atoms with Crippen LogP contribution in [-0.4, -0.2) is 27.4 Å². The number of aromatic nitrogens is 3. The first-order chi connectivity index (χ1) is 8.75. The second kappa shape index (κ2) is 5.92. The number of amides is 1. The van der Waals surface area contributed by atoms with Crippen molar-refractivity contribution in [2.75, 3.05) is 6.54 Å². The van der Waals surface area contributed by atoms with Gasteiger partial charge in [0.25, 0.3) is 0 Å². The maximum absolute atomic E-state index is 11.0.